The highest BCUT2D eigenvalue weighted by Gasteiger charge is 2.10. The maximum atomic E-state index is 11.7. The topological polar surface area (TPSA) is 67.8 Å². The number of rotatable bonds is 2. The fourth-order valence-electron chi connectivity index (χ4n) is 1.05. The fourth-order valence-corrected chi connectivity index (χ4v) is 1.79. The predicted octanol–water partition coefficient (Wildman–Crippen LogP) is 2.15. The van der Waals surface area contributed by atoms with Gasteiger partial charge in [0.25, 0.3) is 5.91 Å². The largest absolute Gasteiger partial charge is 0.305 e. The average molecular weight is 255 g/mol. The first-order valence-corrected chi connectivity index (χ1v) is 5.62. The lowest BCUT2D eigenvalue weighted by atomic mass is 10.4. The zero-order valence-electron chi connectivity index (χ0n) is 8.27. The normalized spacial score (nSPS) is 10.1. The zero-order chi connectivity index (χ0) is 11.5. The summed E-state index contributed by atoms with van der Waals surface area (Å²) in [6.45, 7) is 1.84. The van der Waals surface area contributed by atoms with Gasteiger partial charge in [0.15, 0.2) is 0 Å². The van der Waals surface area contributed by atoms with Gasteiger partial charge in [-0.1, -0.05) is 11.6 Å². The minimum absolute atomic E-state index is 0.278. The van der Waals surface area contributed by atoms with Crippen LogP contribution in [-0.4, -0.2) is 20.9 Å². The minimum atomic E-state index is -0.306. The first-order valence-electron chi connectivity index (χ1n) is 4.36. The van der Waals surface area contributed by atoms with Crippen molar-refractivity contribution in [3.05, 3.63) is 33.6 Å². The van der Waals surface area contributed by atoms with Crippen LogP contribution in [0, 0.1) is 6.92 Å². The van der Waals surface area contributed by atoms with Gasteiger partial charge in [0.05, 0.1) is 5.01 Å². The van der Waals surface area contributed by atoms with Crippen molar-refractivity contribution in [2.45, 2.75) is 6.92 Å². The summed E-state index contributed by atoms with van der Waals surface area (Å²) < 4.78 is 0. The number of aryl methyl sites for hydroxylation is 1. The van der Waals surface area contributed by atoms with Crippen LogP contribution in [0.3, 0.4) is 0 Å². The molecule has 0 radical (unpaired) electrons. The Morgan fingerprint density at radius 2 is 2.31 bits per heavy atom. The van der Waals surface area contributed by atoms with Gasteiger partial charge in [-0.05, 0) is 6.92 Å². The molecule has 1 amide bonds. The van der Waals surface area contributed by atoms with Crippen LogP contribution >= 0.6 is 22.9 Å². The van der Waals surface area contributed by atoms with Gasteiger partial charge >= 0.3 is 0 Å². The number of thiazole rings is 1. The van der Waals surface area contributed by atoms with E-state index in [-0.39, 0.29) is 11.1 Å². The molecule has 2 aromatic rings. The van der Waals surface area contributed by atoms with E-state index in [9.17, 15) is 4.79 Å². The number of carbonyl (C=O) groups is 1. The van der Waals surface area contributed by atoms with E-state index in [2.05, 4.69) is 20.3 Å². The number of hydrogen-bond donors (Lipinski definition) is 1. The number of nitrogens with one attached hydrogen (secondary N) is 1. The third-order valence-corrected chi connectivity index (χ3v) is 2.71. The predicted molar refractivity (Wildman–Crippen MR) is 61.8 cm³/mol. The molecule has 0 saturated heterocycles. The van der Waals surface area contributed by atoms with Crippen molar-refractivity contribution < 1.29 is 4.79 Å². The van der Waals surface area contributed by atoms with Crippen molar-refractivity contribution in [1.82, 2.24) is 15.0 Å². The molecule has 5 nitrogen and oxygen atoms in total. The molecule has 0 unspecified atom stereocenters. The Morgan fingerprint density at radius 3 is 2.94 bits per heavy atom. The molecule has 16 heavy (non-hydrogen) atoms. The van der Waals surface area contributed by atoms with E-state index in [0.29, 0.717) is 11.5 Å². The molecule has 2 rings (SSSR count). The number of hydrogen-bond acceptors (Lipinski definition) is 5. The lowest BCUT2D eigenvalue weighted by molar-refractivity contribution is 0.102. The Hall–Kier alpha value is -1.53. The quantitative estimate of drug-likeness (QED) is 0.834. The van der Waals surface area contributed by atoms with Gasteiger partial charge in [0, 0.05) is 11.4 Å². The van der Waals surface area contributed by atoms with E-state index in [1.54, 1.807) is 5.38 Å². The Bertz CT molecular complexity index is 528. The second-order valence-corrected chi connectivity index (χ2v) is 4.38. The molecule has 1 N–H and O–H groups in total. The highest BCUT2D eigenvalue weighted by Crippen LogP contribution is 2.12. The highest BCUT2D eigenvalue weighted by molar-refractivity contribution is 7.09. The lowest BCUT2D eigenvalue weighted by Gasteiger charge is -2.01. The van der Waals surface area contributed by atoms with E-state index in [1.807, 2.05) is 6.92 Å². The van der Waals surface area contributed by atoms with E-state index < -0.39 is 0 Å². The number of anilines is 1. The maximum Gasteiger partial charge on any atom is 0.276 e. The summed E-state index contributed by atoms with van der Waals surface area (Å²) in [5, 5.41) is 5.39. The van der Waals surface area contributed by atoms with Gasteiger partial charge in [-0.15, -0.1) is 11.3 Å². The van der Waals surface area contributed by atoms with Crippen molar-refractivity contribution in [3.63, 3.8) is 0 Å². The molecule has 0 atom stereocenters. The van der Waals surface area contributed by atoms with Crippen molar-refractivity contribution in [2.75, 3.05) is 5.32 Å². The Balaban J connectivity index is 2.13. The molecule has 0 aliphatic carbocycles. The van der Waals surface area contributed by atoms with E-state index in [4.69, 9.17) is 11.6 Å². The van der Waals surface area contributed by atoms with Crippen LogP contribution in [0.4, 0.5) is 5.82 Å². The molecule has 0 bridgehead atoms. The molecule has 0 aliphatic heterocycles. The molecule has 0 spiro atoms. The number of halogens is 1. The lowest BCUT2D eigenvalue weighted by Crippen LogP contribution is -2.13. The molecule has 2 aromatic heterocycles. The van der Waals surface area contributed by atoms with Gasteiger partial charge in [-0.3, -0.25) is 4.79 Å². The Morgan fingerprint density at radius 1 is 1.50 bits per heavy atom. The molecule has 7 heteroatoms. The number of amides is 1. The van der Waals surface area contributed by atoms with E-state index in [0.717, 1.165) is 5.01 Å². The molecular formula is C9H7ClN4OS. The summed E-state index contributed by atoms with van der Waals surface area (Å²) in [5.74, 6) is 0.0507. The van der Waals surface area contributed by atoms with Crippen LogP contribution in [0.15, 0.2) is 17.8 Å². The number of aromatic nitrogens is 3. The third kappa shape index (κ3) is 2.53. The van der Waals surface area contributed by atoms with Crippen LogP contribution in [0.2, 0.25) is 5.15 Å². The standard InChI is InChI=1S/C9H7ClN4OS/c1-5-13-6(3-16-5)9(15)14-8-2-7(10)11-4-12-8/h2-4H,1H3,(H,11,12,14,15). The smallest absolute Gasteiger partial charge is 0.276 e. The first kappa shape index (κ1) is 11.0. The summed E-state index contributed by atoms with van der Waals surface area (Å²) in [6.07, 6.45) is 1.28. The van der Waals surface area contributed by atoms with Crippen LogP contribution in [-0.2, 0) is 0 Å². The van der Waals surface area contributed by atoms with Crippen molar-refractivity contribution in [3.8, 4) is 0 Å². The zero-order valence-corrected chi connectivity index (χ0v) is 9.84. The average Bonchev–Trinajstić information content (AvgIpc) is 2.65. The Labute approximate surface area is 101 Å². The summed E-state index contributed by atoms with van der Waals surface area (Å²) in [5.41, 5.74) is 0.372. The van der Waals surface area contributed by atoms with Crippen LogP contribution in [0.25, 0.3) is 0 Å². The summed E-state index contributed by atoms with van der Waals surface area (Å²) in [6, 6.07) is 1.47. The van der Waals surface area contributed by atoms with Gasteiger partial charge in [-0.2, -0.15) is 0 Å². The summed E-state index contributed by atoms with van der Waals surface area (Å²) in [4.78, 5) is 23.3. The van der Waals surface area contributed by atoms with Gasteiger partial charge in [0.2, 0.25) is 0 Å². The third-order valence-electron chi connectivity index (χ3n) is 1.73. The monoisotopic (exact) mass is 254 g/mol. The molecule has 82 valence electrons. The molecular weight excluding hydrogens is 248 g/mol. The van der Waals surface area contributed by atoms with Gasteiger partial charge in [0.1, 0.15) is 23.0 Å². The SMILES string of the molecule is Cc1nc(C(=O)Nc2cc(Cl)ncn2)cs1. The van der Waals surface area contributed by atoms with Crippen molar-refractivity contribution in [2.24, 2.45) is 0 Å². The summed E-state index contributed by atoms with van der Waals surface area (Å²) in [7, 11) is 0. The molecule has 2 heterocycles. The van der Waals surface area contributed by atoms with Crippen molar-refractivity contribution in [1.29, 1.82) is 0 Å². The maximum absolute atomic E-state index is 11.7. The first-order chi connectivity index (χ1) is 7.65. The summed E-state index contributed by atoms with van der Waals surface area (Å²) >= 11 is 7.08. The Kier molecular flexibility index (Phi) is 3.12. The molecule has 0 aromatic carbocycles. The fraction of sp³-hybridized carbons (Fsp3) is 0.111. The van der Waals surface area contributed by atoms with Gasteiger partial charge < -0.3 is 5.32 Å². The number of carbonyl (C=O) groups excluding carboxylic acids is 1. The molecule has 0 saturated carbocycles. The molecule has 0 aliphatic rings. The van der Waals surface area contributed by atoms with E-state index >= 15 is 0 Å². The van der Waals surface area contributed by atoms with Crippen LogP contribution in [0.5, 0.6) is 0 Å². The molecule has 0 fully saturated rings. The van der Waals surface area contributed by atoms with E-state index in [1.165, 1.54) is 23.7 Å². The van der Waals surface area contributed by atoms with Crippen LogP contribution < -0.4 is 5.32 Å². The minimum Gasteiger partial charge on any atom is -0.305 e. The highest BCUT2D eigenvalue weighted by atomic mass is 35.5. The van der Waals surface area contributed by atoms with Crippen LogP contribution in [0.1, 0.15) is 15.5 Å². The van der Waals surface area contributed by atoms with Crippen molar-refractivity contribution >= 4 is 34.7 Å². The second kappa shape index (κ2) is 4.54. The second-order valence-electron chi connectivity index (χ2n) is 2.93. The van der Waals surface area contributed by atoms with Gasteiger partial charge in [-0.25, -0.2) is 15.0 Å². The number of nitrogens with zero attached hydrogens (tertiary/aromatic N) is 3.